The van der Waals surface area contributed by atoms with Crippen molar-refractivity contribution in [2.75, 3.05) is 11.8 Å². The summed E-state index contributed by atoms with van der Waals surface area (Å²) in [6.45, 7) is 0. The molecule has 3 heterocycles. The molecular formula is C30H21ClN4O4S. The van der Waals surface area contributed by atoms with Crippen LogP contribution in [-0.4, -0.2) is 30.5 Å². The number of fused-ring (bicyclic) bond motifs is 2. The largest absolute Gasteiger partial charge is 0.497 e. The minimum atomic E-state index is -3.99. The van der Waals surface area contributed by atoms with Crippen LogP contribution in [0.4, 0.5) is 5.82 Å². The van der Waals surface area contributed by atoms with Gasteiger partial charge < -0.3 is 9.72 Å². The monoisotopic (exact) mass is 568 g/mol. The van der Waals surface area contributed by atoms with Crippen LogP contribution in [0.5, 0.6) is 5.75 Å². The summed E-state index contributed by atoms with van der Waals surface area (Å²) in [6.07, 6.45) is 1.68. The van der Waals surface area contributed by atoms with Crippen LogP contribution in [0.3, 0.4) is 0 Å². The second-order valence-electron chi connectivity index (χ2n) is 9.01. The number of nitrogens with one attached hydrogen (secondary N) is 2. The van der Waals surface area contributed by atoms with Crippen LogP contribution >= 0.6 is 11.6 Å². The van der Waals surface area contributed by atoms with Gasteiger partial charge in [-0.2, -0.15) is 0 Å². The van der Waals surface area contributed by atoms with E-state index in [2.05, 4.69) is 14.7 Å². The highest BCUT2D eigenvalue weighted by Gasteiger charge is 2.18. The summed E-state index contributed by atoms with van der Waals surface area (Å²) in [5.74, 6) is 0.517. The SMILES string of the molecule is COc1ccc(S(=O)(=O)Nc2cc(=O)c3cc(-c4cc(Cl)c5ncccc5c4)c(-c4ccccc4)nc3[nH]2)cc1. The summed E-state index contributed by atoms with van der Waals surface area (Å²) >= 11 is 6.59. The van der Waals surface area contributed by atoms with E-state index >= 15 is 0 Å². The van der Waals surface area contributed by atoms with Crippen molar-refractivity contribution in [1.29, 1.82) is 0 Å². The lowest BCUT2D eigenvalue weighted by atomic mass is 9.97. The molecule has 40 heavy (non-hydrogen) atoms. The zero-order valence-corrected chi connectivity index (χ0v) is 22.6. The molecule has 6 aromatic rings. The Hall–Kier alpha value is -4.73. The second-order valence-corrected chi connectivity index (χ2v) is 11.1. The van der Waals surface area contributed by atoms with Crippen molar-refractivity contribution in [2.24, 2.45) is 0 Å². The molecule has 3 aromatic heterocycles. The van der Waals surface area contributed by atoms with Crippen LogP contribution in [0.15, 0.2) is 107 Å². The van der Waals surface area contributed by atoms with Crippen LogP contribution < -0.4 is 14.9 Å². The van der Waals surface area contributed by atoms with Gasteiger partial charge in [0, 0.05) is 28.8 Å². The Bertz CT molecular complexity index is 2060. The zero-order valence-electron chi connectivity index (χ0n) is 21.1. The molecule has 0 saturated heterocycles. The zero-order chi connectivity index (χ0) is 27.9. The van der Waals surface area contributed by atoms with Crippen LogP contribution in [0.25, 0.3) is 44.3 Å². The number of benzene rings is 3. The molecule has 0 unspecified atom stereocenters. The number of hydrogen-bond donors (Lipinski definition) is 2. The Morgan fingerprint density at radius 2 is 1.68 bits per heavy atom. The number of pyridine rings is 3. The summed E-state index contributed by atoms with van der Waals surface area (Å²) in [4.78, 5) is 25.4. The molecule has 0 aliphatic rings. The van der Waals surface area contributed by atoms with Crippen molar-refractivity contribution >= 4 is 49.4 Å². The van der Waals surface area contributed by atoms with E-state index in [1.54, 1.807) is 30.5 Å². The van der Waals surface area contributed by atoms with E-state index in [4.69, 9.17) is 21.3 Å². The van der Waals surface area contributed by atoms with Crippen LogP contribution in [0.2, 0.25) is 5.02 Å². The van der Waals surface area contributed by atoms with Gasteiger partial charge in [-0.3, -0.25) is 14.5 Å². The first kappa shape index (κ1) is 25.5. The van der Waals surface area contributed by atoms with Crippen molar-refractivity contribution in [3.63, 3.8) is 0 Å². The average Bonchev–Trinajstić information content (AvgIpc) is 2.97. The maximum atomic E-state index is 13.3. The molecule has 0 radical (unpaired) electrons. The molecule has 0 aliphatic carbocycles. The smallest absolute Gasteiger partial charge is 0.263 e. The lowest BCUT2D eigenvalue weighted by Crippen LogP contribution is -2.16. The Kier molecular flexibility index (Phi) is 6.45. The number of H-pyrrole nitrogens is 1. The second kappa shape index (κ2) is 10.1. The van der Waals surface area contributed by atoms with Crippen molar-refractivity contribution in [3.05, 3.63) is 112 Å². The Balaban J connectivity index is 1.51. The van der Waals surface area contributed by atoms with E-state index < -0.39 is 15.5 Å². The third-order valence-corrected chi connectivity index (χ3v) is 8.12. The summed E-state index contributed by atoms with van der Waals surface area (Å²) in [7, 11) is -2.49. The van der Waals surface area contributed by atoms with Gasteiger partial charge >= 0.3 is 0 Å². The molecule has 0 aliphatic heterocycles. The molecule has 2 N–H and O–H groups in total. The number of aromatic nitrogens is 3. The molecule has 0 amide bonds. The number of aromatic amines is 1. The Labute approximate surface area is 234 Å². The van der Waals surface area contributed by atoms with Gasteiger partial charge in [0.15, 0.2) is 5.43 Å². The maximum Gasteiger partial charge on any atom is 0.263 e. The first-order valence-electron chi connectivity index (χ1n) is 12.2. The van der Waals surface area contributed by atoms with Crippen molar-refractivity contribution < 1.29 is 13.2 Å². The van der Waals surface area contributed by atoms with Crippen LogP contribution in [-0.2, 0) is 10.0 Å². The van der Waals surface area contributed by atoms with E-state index in [0.717, 1.165) is 16.5 Å². The van der Waals surface area contributed by atoms with Gasteiger partial charge in [-0.1, -0.05) is 48.0 Å². The number of sulfonamides is 1. The highest BCUT2D eigenvalue weighted by molar-refractivity contribution is 7.92. The van der Waals surface area contributed by atoms with Gasteiger partial charge in [0.1, 0.15) is 17.2 Å². The average molecular weight is 569 g/mol. The number of hydrogen-bond acceptors (Lipinski definition) is 6. The molecular weight excluding hydrogens is 548 g/mol. The van der Waals surface area contributed by atoms with Gasteiger partial charge in [0.25, 0.3) is 10.0 Å². The van der Waals surface area contributed by atoms with E-state index in [1.807, 2.05) is 48.5 Å². The minimum absolute atomic E-state index is 0.00703. The lowest BCUT2D eigenvalue weighted by molar-refractivity contribution is 0.414. The summed E-state index contributed by atoms with van der Waals surface area (Å²) in [5, 5.41) is 1.62. The molecule has 198 valence electrons. The van der Waals surface area contributed by atoms with Crippen LogP contribution in [0.1, 0.15) is 0 Å². The quantitative estimate of drug-likeness (QED) is 0.245. The highest BCUT2D eigenvalue weighted by atomic mass is 35.5. The van der Waals surface area contributed by atoms with Gasteiger partial charge in [0.2, 0.25) is 0 Å². The summed E-state index contributed by atoms with van der Waals surface area (Å²) in [5.41, 5.74) is 3.38. The molecule has 0 spiro atoms. The third-order valence-electron chi connectivity index (χ3n) is 6.45. The van der Waals surface area contributed by atoms with Gasteiger partial charge in [-0.15, -0.1) is 0 Å². The minimum Gasteiger partial charge on any atom is -0.497 e. The maximum absolute atomic E-state index is 13.3. The van der Waals surface area contributed by atoms with Gasteiger partial charge in [-0.25, -0.2) is 13.4 Å². The fourth-order valence-electron chi connectivity index (χ4n) is 4.52. The first-order chi connectivity index (χ1) is 19.3. The van der Waals surface area contributed by atoms with E-state index in [-0.39, 0.29) is 16.4 Å². The normalized spacial score (nSPS) is 11.6. The third kappa shape index (κ3) is 4.76. The molecule has 0 bridgehead atoms. The van der Waals surface area contributed by atoms with E-state index in [1.165, 1.54) is 25.3 Å². The molecule has 0 fully saturated rings. The number of halogens is 1. The number of nitrogens with zero attached hydrogens (tertiary/aromatic N) is 2. The Morgan fingerprint density at radius 3 is 2.42 bits per heavy atom. The topological polar surface area (TPSA) is 114 Å². The lowest BCUT2D eigenvalue weighted by Gasteiger charge is -2.14. The molecule has 0 saturated carbocycles. The molecule has 0 atom stereocenters. The highest BCUT2D eigenvalue weighted by Crippen LogP contribution is 2.36. The predicted molar refractivity (Wildman–Crippen MR) is 157 cm³/mol. The van der Waals surface area contributed by atoms with Crippen LogP contribution in [0, 0.1) is 0 Å². The number of rotatable bonds is 6. The number of ether oxygens (including phenoxy) is 1. The Morgan fingerprint density at radius 1 is 0.900 bits per heavy atom. The van der Waals surface area contributed by atoms with Crippen molar-refractivity contribution in [2.45, 2.75) is 4.90 Å². The molecule has 3 aromatic carbocycles. The van der Waals surface area contributed by atoms with Gasteiger partial charge in [-0.05, 0) is 54.1 Å². The summed E-state index contributed by atoms with van der Waals surface area (Å²) < 4.78 is 33.6. The van der Waals surface area contributed by atoms with E-state index in [0.29, 0.717) is 32.9 Å². The van der Waals surface area contributed by atoms with Crippen molar-refractivity contribution in [3.8, 4) is 28.1 Å². The first-order valence-corrected chi connectivity index (χ1v) is 14.0. The number of anilines is 1. The standard InChI is InChI=1S/C30H21ClN4O4S/c1-39-21-9-11-22(12-10-21)40(37,38)35-27-17-26(36)24-16-23(20-14-19-8-5-13-32-29(19)25(31)15-20)28(34-30(24)33-27)18-6-3-2-4-7-18/h2-17H,1H3,(H2,33,34,35,36). The molecule has 10 heteroatoms. The predicted octanol–water partition coefficient (Wildman–Crippen LogP) is 6.27. The fraction of sp³-hybridized carbons (Fsp3) is 0.0333. The van der Waals surface area contributed by atoms with E-state index in [9.17, 15) is 13.2 Å². The van der Waals surface area contributed by atoms with Gasteiger partial charge in [0.05, 0.1) is 33.6 Å². The summed E-state index contributed by atoms with van der Waals surface area (Å²) in [6, 6.07) is 25.9. The molecule has 6 rings (SSSR count). The number of methoxy groups -OCH3 is 1. The molecule has 8 nitrogen and oxygen atoms in total. The fourth-order valence-corrected chi connectivity index (χ4v) is 5.81. The van der Waals surface area contributed by atoms with Crippen molar-refractivity contribution in [1.82, 2.24) is 15.0 Å².